The van der Waals surface area contributed by atoms with Crippen LogP contribution in [0, 0.1) is 12.8 Å². The number of aryl methyl sites for hydroxylation is 1. The number of nitrogens with one attached hydrogen (secondary N) is 2. The number of imide groups is 1. The molecule has 0 unspecified atom stereocenters. The first-order chi connectivity index (χ1) is 12.9. The van der Waals surface area contributed by atoms with Crippen LogP contribution in [0.5, 0.6) is 0 Å². The molecule has 3 rings (SSSR count). The second kappa shape index (κ2) is 8.11. The predicted molar refractivity (Wildman–Crippen MR) is 93.9 cm³/mol. The van der Waals surface area contributed by atoms with Crippen molar-refractivity contribution in [3.05, 3.63) is 23.8 Å². The van der Waals surface area contributed by atoms with Crippen molar-refractivity contribution >= 4 is 23.7 Å². The van der Waals surface area contributed by atoms with Crippen molar-refractivity contribution in [2.75, 3.05) is 6.61 Å². The van der Waals surface area contributed by atoms with Gasteiger partial charge in [0.1, 0.15) is 0 Å². The van der Waals surface area contributed by atoms with E-state index >= 15 is 0 Å². The Morgan fingerprint density at radius 1 is 1.30 bits per heavy atom. The molecule has 3 amide bonds. The normalized spacial score (nSPS) is 19.5. The zero-order valence-corrected chi connectivity index (χ0v) is 15.3. The molecule has 2 N–H and O–H groups in total. The number of hydrogen-bond acceptors (Lipinski definition) is 7. The summed E-state index contributed by atoms with van der Waals surface area (Å²) < 4.78 is 6.27. The molecule has 0 aromatic carbocycles. The lowest BCUT2D eigenvalue weighted by atomic mass is 9.86. The second-order valence-corrected chi connectivity index (χ2v) is 6.70. The zero-order chi connectivity index (χ0) is 19.4. The Hall–Kier alpha value is -3.04. The van der Waals surface area contributed by atoms with Crippen LogP contribution in [-0.4, -0.2) is 50.1 Å². The molecule has 10 nitrogen and oxygen atoms in total. The monoisotopic (exact) mass is 374 g/mol. The molecule has 0 radical (unpaired) electrons. The van der Waals surface area contributed by atoms with Gasteiger partial charge in [-0.05, 0) is 31.7 Å². The number of rotatable bonds is 4. The molecule has 27 heavy (non-hydrogen) atoms. The van der Waals surface area contributed by atoms with Crippen LogP contribution in [0.1, 0.15) is 48.9 Å². The number of aromatic nitrogens is 4. The first-order valence-corrected chi connectivity index (χ1v) is 8.90. The maximum Gasteiger partial charge on any atom is 0.378 e. The van der Waals surface area contributed by atoms with E-state index in [2.05, 4.69) is 32.6 Å². The van der Waals surface area contributed by atoms with Crippen molar-refractivity contribution in [1.82, 2.24) is 30.2 Å². The summed E-state index contributed by atoms with van der Waals surface area (Å²) >= 11 is 0. The molecular weight excluding hydrogens is 352 g/mol. The highest BCUT2D eigenvalue weighted by Gasteiger charge is 2.24. The van der Waals surface area contributed by atoms with Crippen LogP contribution in [-0.2, 0) is 9.53 Å². The van der Waals surface area contributed by atoms with Gasteiger partial charge in [-0.2, -0.15) is 4.98 Å². The van der Waals surface area contributed by atoms with E-state index in [0.717, 1.165) is 31.4 Å². The number of esters is 1. The summed E-state index contributed by atoms with van der Waals surface area (Å²) in [6.45, 7) is 3.26. The molecule has 2 atom stereocenters. The summed E-state index contributed by atoms with van der Waals surface area (Å²) in [6, 6.07) is 1.18. The van der Waals surface area contributed by atoms with Crippen molar-refractivity contribution in [1.29, 1.82) is 0 Å². The number of fused-ring (bicyclic) bond motifs is 1. The number of carbonyl (C=O) groups is 3. The average molecular weight is 374 g/mol. The Bertz CT molecular complexity index is 864. The van der Waals surface area contributed by atoms with E-state index in [-0.39, 0.29) is 17.6 Å². The summed E-state index contributed by atoms with van der Waals surface area (Å²) in [7, 11) is 0. The van der Waals surface area contributed by atoms with Crippen LogP contribution in [0.2, 0.25) is 0 Å². The Morgan fingerprint density at radius 3 is 2.81 bits per heavy atom. The lowest BCUT2D eigenvalue weighted by Crippen LogP contribution is -2.48. The summed E-state index contributed by atoms with van der Waals surface area (Å²) in [5, 5.41) is 8.96. The van der Waals surface area contributed by atoms with E-state index in [0.29, 0.717) is 5.92 Å². The van der Waals surface area contributed by atoms with Gasteiger partial charge in [-0.15, -0.1) is 5.10 Å². The highest BCUT2D eigenvalue weighted by Crippen LogP contribution is 2.23. The first kappa shape index (κ1) is 18.7. The van der Waals surface area contributed by atoms with Gasteiger partial charge in [0.2, 0.25) is 0 Å². The molecule has 0 saturated heterocycles. The molecule has 1 aliphatic rings. The highest BCUT2D eigenvalue weighted by molar-refractivity contribution is 5.96. The first-order valence-electron chi connectivity index (χ1n) is 8.90. The van der Waals surface area contributed by atoms with E-state index in [1.165, 1.54) is 4.52 Å². The minimum absolute atomic E-state index is 0.0482. The number of nitrogens with zero attached hydrogens (tertiary/aromatic N) is 4. The van der Waals surface area contributed by atoms with Crippen LogP contribution in [0.15, 0.2) is 12.3 Å². The number of ether oxygens (including phenoxy) is 1. The number of carbonyl (C=O) groups excluding carboxylic acids is 3. The molecule has 2 aromatic rings. The van der Waals surface area contributed by atoms with Crippen LogP contribution in [0.4, 0.5) is 4.79 Å². The molecule has 0 bridgehead atoms. The van der Waals surface area contributed by atoms with Crippen molar-refractivity contribution in [2.45, 2.75) is 45.6 Å². The third kappa shape index (κ3) is 4.57. The van der Waals surface area contributed by atoms with Crippen molar-refractivity contribution in [3.8, 4) is 0 Å². The van der Waals surface area contributed by atoms with Gasteiger partial charge in [0.15, 0.2) is 6.61 Å². The average Bonchev–Trinajstić information content (AvgIpc) is 3.07. The number of urea groups is 1. The smallest absolute Gasteiger partial charge is 0.378 e. The standard InChI is InChI=1S/C17H22N6O4/c1-10-5-3-4-6-12(10)19-17(26)20-13(24)9-27-15(25)14-21-16-18-8-7-11(2)23(16)22-14/h7-8,10,12H,3-6,9H2,1-2H3,(H2,19,20,24,26)/t10-,12+/m1/s1. The van der Waals surface area contributed by atoms with Gasteiger partial charge in [-0.25, -0.2) is 19.1 Å². The molecule has 0 aliphatic heterocycles. The summed E-state index contributed by atoms with van der Waals surface area (Å²) in [5.41, 5.74) is 0.748. The topological polar surface area (TPSA) is 128 Å². The largest absolute Gasteiger partial charge is 0.450 e. The molecule has 0 spiro atoms. The van der Waals surface area contributed by atoms with Crippen molar-refractivity contribution in [3.63, 3.8) is 0 Å². The molecule has 1 saturated carbocycles. The maximum absolute atomic E-state index is 12.0. The van der Waals surface area contributed by atoms with Crippen molar-refractivity contribution < 1.29 is 19.1 Å². The third-order valence-electron chi connectivity index (χ3n) is 4.63. The molecule has 144 valence electrons. The lowest BCUT2D eigenvalue weighted by Gasteiger charge is -2.29. The van der Waals surface area contributed by atoms with Gasteiger partial charge in [0.05, 0.1) is 0 Å². The van der Waals surface area contributed by atoms with E-state index < -0.39 is 24.5 Å². The summed E-state index contributed by atoms with van der Waals surface area (Å²) in [6.07, 6.45) is 5.71. The fraction of sp³-hybridized carbons (Fsp3) is 0.529. The van der Waals surface area contributed by atoms with Crippen LogP contribution in [0.3, 0.4) is 0 Å². The predicted octanol–water partition coefficient (Wildman–Crippen LogP) is 0.994. The molecule has 1 fully saturated rings. The van der Waals surface area contributed by atoms with Gasteiger partial charge in [0.25, 0.3) is 17.5 Å². The second-order valence-electron chi connectivity index (χ2n) is 6.70. The van der Waals surface area contributed by atoms with Gasteiger partial charge in [-0.1, -0.05) is 19.8 Å². The third-order valence-corrected chi connectivity index (χ3v) is 4.63. The summed E-state index contributed by atoms with van der Waals surface area (Å²) in [4.78, 5) is 43.7. The fourth-order valence-electron chi connectivity index (χ4n) is 3.09. The maximum atomic E-state index is 12.0. The van der Waals surface area contributed by atoms with Crippen molar-refractivity contribution in [2.24, 2.45) is 5.92 Å². The lowest BCUT2D eigenvalue weighted by molar-refractivity contribution is -0.123. The molecule has 2 heterocycles. The fourth-order valence-corrected chi connectivity index (χ4v) is 3.09. The minimum atomic E-state index is -0.864. The Morgan fingerprint density at radius 2 is 2.07 bits per heavy atom. The van der Waals surface area contributed by atoms with Gasteiger partial charge < -0.3 is 10.1 Å². The van der Waals surface area contributed by atoms with Gasteiger partial charge in [0, 0.05) is 17.9 Å². The highest BCUT2D eigenvalue weighted by atomic mass is 16.5. The zero-order valence-electron chi connectivity index (χ0n) is 15.3. The number of amides is 3. The van der Waals surface area contributed by atoms with Crippen LogP contribution < -0.4 is 10.6 Å². The van der Waals surface area contributed by atoms with E-state index in [1.807, 2.05) is 0 Å². The Labute approximate surface area is 155 Å². The van der Waals surface area contributed by atoms with Crippen LogP contribution >= 0.6 is 0 Å². The quantitative estimate of drug-likeness (QED) is 0.764. The number of hydrogen-bond donors (Lipinski definition) is 2. The van der Waals surface area contributed by atoms with Crippen LogP contribution in [0.25, 0.3) is 5.78 Å². The molecule has 10 heteroatoms. The molecular formula is C17H22N6O4. The van der Waals surface area contributed by atoms with E-state index in [9.17, 15) is 14.4 Å². The Balaban J connectivity index is 1.48. The summed E-state index contributed by atoms with van der Waals surface area (Å²) in [5.74, 6) is -1.16. The molecule has 2 aromatic heterocycles. The van der Waals surface area contributed by atoms with E-state index in [1.54, 1.807) is 19.2 Å². The SMILES string of the molecule is Cc1ccnc2nc(C(=O)OCC(=O)NC(=O)N[C@H]3CCCC[C@H]3C)nn12. The molecule has 1 aliphatic carbocycles. The Kier molecular flexibility index (Phi) is 5.63. The van der Waals surface area contributed by atoms with Gasteiger partial charge >= 0.3 is 12.0 Å². The van der Waals surface area contributed by atoms with E-state index in [4.69, 9.17) is 4.74 Å². The minimum Gasteiger partial charge on any atom is -0.450 e. The van der Waals surface area contributed by atoms with Gasteiger partial charge in [-0.3, -0.25) is 10.1 Å².